The summed E-state index contributed by atoms with van der Waals surface area (Å²) in [5.41, 5.74) is 2.63. The van der Waals surface area contributed by atoms with E-state index in [-0.39, 0.29) is 24.0 Å². The van der Waals surface area contributed by atoms with Crippen molar-refractivity contribution in [2.75, 3.05) is 39.3 Å². The van der Waals surface area contributed by atoms with Gasteiger partial charge in [0, 0.05) is 39.1 Å². The number of hydrogen-bond acceptors (Lipinski definition) is 3. The minimum Gasteiger partial charge on any atom is -0.357 e. The smallest absolute Gasteiger partial charge is 0.222 e. The fourth-order valence-corrected chi connectivity index (χ4v) is 4.23. The maximum absolute atomic E-state index is 11.7. The Balaban J connectivity index is 0.00000341. The highest BCUT2D eigenvalue weighted by Crippen LogP contribution is 2.18. The molecule has 2 aliphatic heterocycles. The Kier molecular flexibility index (Phi) is 11.6. The first-order valence-electron chi connectivity index (χ1n) is 11.7. The van der Waals surface area contributed by atoms with E-state index in [1.165, 1.54) is 37.1 Å². The van der Waals surface area contributed by atoms with Crippen molar-refractivity contribution >= 4 is 35.8 Å². The van der Waals surface area contributed by atoms with E-state index in [9.17, 15) is 4.79 Å². The monoisotopic (exact) mass is 541 g/mol. The Hall–Kier alpha value is -1.35. The van der Waals surface area contributed by atoms with Gasteiger partial charge in [0.25, 0.3) is 0 Å². The Morgan fingerprint density at radius 2 is 1.94 bits per heavy atom. The van der Waals surface area contributed by atoms with Crippen molar-refractivity contribution < 1.29 is 4.79 Å². The second kappa shape index (κ2) is 13.9. The molecule has 0 aromatic heterocycles. The maximum Gasteiger partial charge on any atom is 0.222 e. The van der Waals surface area contributed by atoms with Gasteiger partial charge in [-0.15, -0.1) is 24.0 Å². The van der Waals surface area contributed by atoms with Crippen molar-refractivity contribution in [1.29, 1.82) is 0 Å². The average Bonchev–Trinajstić information content (AvgIpc) is 3.16. The maximum atomic E-state index is 11.7. The Bertz CT molecular complexity index is 703. The number of hydrogen-bond donors (Lipinski definition) is 2. The molecule has 31 heavy (non-hydrogen) atoms. The van der Waals surface area contributed by atoms with Crippen LogP contribution in [0.4, 0.5) is 0 Å². The zero-order valence-electron chi connectivity index (χ0n) is 19.2. The van der Waals surface area contributed by atoms with E-state index < -0.39 is 0 Å². The molecule has 2 saturated heterocycles. The molecule has 0 saturated carbocycles. The van der Waals surface area contributed by atoms with Crippen LogP contribution in [0.15, 0.2) is 29.3 Å². The standard InChI is InChI=1S/C24H39N5O.HI/c1-3-25-24(26-12-6-14-29-13-5-9-23(29)30)27-18-21-7-4-8-22(17-21)19-28-15-10-20(2)11-16-28;/h4,7-8,17,20H,3,5-6,9-16,18-19H2,1-2H3,(H2,25,26,27);1H. The summed E-state index contributed by atoms with van der Waals surface area (Å²) in [6, 6.07) is 8.84. The van der Waals surface area contributed by atoms with E-state index in [1.807, 2.05) is 4.90 Å². The molecule has 2 N–H and O–H groups in total. The summed E-state index contributed by atoms with van der Waals surface area (Å²) in [5, 5.41) is 6.73. The number of piperidine rings is 1. The van der Waals surface area contributed by atoms with Crippen molar-refractivity contribution in [2.45, 2.75) is 59.0 Å². The topological polar surface area (TPSA) is 60.0 Å². The second-order valence-corrected chi connectivity index (χ2v) is 8.74. The van der Waals surface area contributed by atoms with Crippen LogP contribution in [-0.4, -0.2) is 60.9 Å². The fraction of sp³-hybridized carbons (Fsp3) is 0.667. The number of rotatable bonds is 9. The summed E-state index contributed by atoms with van der Waals surface area (Å²) < 4.78 is 0. The zero-order chi connectivity index (χ0) is 21.2. The van der Waals surface area contributed by atoms with Crippen molar-refractivity contribution in [3.05, 3.63) is 35.4 Å². The fourth-order valence-electron chi connectivity index (χ4n) is 4.23. The minimum atomic E-state index is 0. The van der Waals surface area contributed by atoms with E-state index in [1.54, 1.807) is 0 Å². The lowest BCUT2D eigenvalue weighted by Gasteiger charge is -2.30. The van der Waals surface area contributed by atoms with Gasteiger partial charge in [-0.1, -0.05) is 31.2 Å². The second-order valence-electron chi connectivity index (χ2n) is 8.74. The molecule has 0 atom stereocenters. The Labute approximate surface area is 205 Å². The van der Waals surface area contributed by atoms with Crippen LogP contribution in [0, 0.1) is 5.92 Å². The van der Waals surface area contributed by atoms with Crippen LogP contribution < -0.4 is 10.6 Å². The molecule has 1 aromatic rings. The number of likely N-dealkylation sites (tertiary alicyclic amines) is 2. The Morgan fingerprint density at radius 3 is 2.65 bits per heavy atom. The van der Waals surface area contributed by atoms with Crippen LogP contribution >= 0.6 is 24.0 Å². The molecule has 6 nitrogen and oxygen atoms in total. The van der Waals surface area contributed by atoms with Gasteiger partial charge in [-0.3, -0.25) is 9.69 Å². The van der Waals surface area contributed by atoms with Gasteiger partial charge >= 0.3 is 0 Å². The van der Waals surface area contributed by atoms with Gasteiger partial charge < -0.3 is 15.5 Å². The van der Waals surface area contributed by atoms with Crippen LogP contribution in [-0.2, 0) is 17.9 Å². The van der Waals surface area contributed by atoms with Crippen molar-refractivity contribution in [3.63, 3.8) is 0 Å². The van der Waals surface area contributed by atoms with Gasteiger partial charge in [0.2, 0.25) is 5.91 Å². The number of carbonyl (C=O) groups excluding carboxylic acids is 1. The number of halogens is 1. The van der Waals surface area contributed by atoms with Crippen LogP contribution in [0.3, 0.4) is 0 Å². The normalized spacial score (nSPS) is 18.2. The third kappa shape index (κ3) is 8.96. The summed E-state index contributed by atoms with van der Waals surface area (Å²) in [7, 11) is 0. The van der Waals surface area contributed by atoms with Crippen LogP contribution in [0.25, 0.3) is 0 Å². The summed E-state index contributed by atoms with van der Waals surface area (Å²) in [5.74, 6) is 2.02. The number of guanidine groups is 1. The van der Waals surface area contributed by atoms with Crippen molar-refractivity contribution in [2.24, 2.45) is 10.9 Å². The molecule has 2 heterocycles. The van der Waals surface area contributed by atoms with Crippen molar-refractivity contribution in [1.82, 2.24) is 20.4 Å². The molecule has 2 aliphatic rings. The molecule has 1 aromatic carbocycles. The molecule has 2 fully saturated rings. The number of benzene rings is 1. The third-order valence-electron chi connectivity index (χ3n) is 6.11. The molecule has 1 amide bonds. The highest BCUT2D eigenvalue weighted by Gasteiger charge is 2.19. The number of nitrogens with zero attached hydrogens (tertiary/aromatic N) is 3. The number of nitrogens with one attached hydrogen (secondary N) is 2. The first-order chi connectivity index (χ1) is 14.6. The lowest BCUT2D eigenvalue weighted by Crippen LogP contribution is -2.39. The minimum absolute atomic E-state index is 0. The predicted molar refractivity (Wildman–Crippen MR) is 139 cm³/mol. The Morgan fingerprint density at radius 1 is 1.16 bits per heavy atom. The molecule has 0 unspecified atom stereocenters. The largest absolute Gasteiger partial charge is 0.357 e. The van der Waals surface area contributed by atoms with Gasteiger partial charge in [0.05, 0.1) is 6.54 Å². The first-order valence-corrected chi connectivity index (χ1v) is 11.7. The van der Waals surface area contributed by atoms with Crippen LogP contribution in [0.2, 0.25) is 0 Å². The molecular formula is C24H40IN5O. The van der Waals surface area contributed by atoms with E-state index in [0.717, 1.165) is 57.4 Å². The molecule has 3 rings (SSSR count). The first kappa shape index (κ1) is 25.9. The lowest BCUT2D eigenvalue weighted by molar-refractivity contribution is -0.127. The summed E-state index contributed by atoms with van der Waals surface area (Å²) >= 11 is 0. The summed E-state index contributed by atoms with van der Waals surface area (Å²) in [4.78, 5) is 21.0. The molecule has 0 spiro atoms. The summed E-state index contributed by atoms with van der Waals surface area (Å²) in [6.07, 6.45) is 5.29. The molecule has 0 radical (unpaired) electrons. The summed E-state index contributed by atoms with van der Waals surface area (Å²) in [6.45, 7) is 12.0. The highest BCUT2D eigenvalue weighted by molar-refractivity contribution is 14.0. The van der Waals surface area contributed by atoms with E-state index in [4.69, 9.17) is 4.99 Å². The predicted octanol–water partition coefficient (Wildman–Crippen LogP) is 3.60. The lowest BCUT2D eigenvalue weighted by atomic mass is 9.98. The van der Waals surface area contributed by atoms with Gasteiger partial charge in [-0.2, -0.15) is 0 Å². The third-order valence-corrected chi connectivity index (χ3v) is 6.11. The van der Waals surface area contributed by atoms with Crippen LogP contribution in [0.5, 0.6) is 0 Å². The molecule has 7 heteroatoms. The number of aliphatic imine (C=N–C) groups is 1. The average molecular weight is 542 g/mol. The van der Waals surface area contributed by atoms with Crippen LogP contribution in [0.1, 0.15) is 57.1 Å². The van der Waals surface area contributed by atoms with E-state index in [2.05, 4.69) is 53.6 Å². The van der Waals surface area contributed by atoms with Gasteiger partial charge in [0.15, 0.2) is 5.96 Å². The van der Waals surface area contributed by atoms with E-state index in [0.29, 0.717) is 18.9 Å². The van der Waals surface area contributed by atoms with E-state index >= 15 is 0 Å². The zero-order valence-corrected chi connectivity index (χ0v) is 21.6. The quantitative estimate of drug-likeness (QED) is 0.217. The highest BCUT2D eigenvalue weighted by atomic mass is 127. The molecular weight excluding hydrogens is 501 g/mol. The number of carbonyl (C=O) groups is 1. The molecule has 0 bridgehead atoms. The van der Waals surface area contributed by atoms with Gasteiger partial charge in [-0.25, -0.2) is 4.99 Å². The van der Waals surface area contributed by atoms with Crippen molar-refractivity contribution in [3.8, 4) is 0 Å². The molecule has 174 valence electrons. The van der Waals surface area contributed by atoms with Gasteiger partial charge in [0.1, 0.15) is 0 Å². The van der Waals surface area contributed by atoms with Gasteiger partial charge in [-0.05, 0) is 62.7 Å². The molecule has 0 aliphatic carbocycles. The number of amides is 1. The SMILES string of the molecule is CCNC(=NCc1cccc(CN2CCC(C)CC2)c1)NCCCN1CCCC1=O.I.